The average Bonchev–Trinajstić information content (AvgIpc) is 2.80. The Labute approximate surface area is 114 Å². The third-order valence-corrected chi connectivity index (χ3v) is 4.09. The molecule has 3 rings (SSSR count). The maximum atomic E-state index is 11.7. The summed E-state index contributed by atoms with van der Waals surface area (Å²) in [7, 11) is 1.66. The summed E-state index contributed by atoms with van der Waals surface area (Å²) in [5.41, 5.74) is 3.28. The van der Waals surface area contributed by atoms with Gasteiger partial charge in [-0.05, 0) is 47.9 Å². The van der Waals surface area contributed by atoms with Gasteiger partial charge in [0.1, 0.15) is 5.75 Å². The predicted octanol–water partition coefficient (Wildman–Crippen LogP) is 3.57. The van der Waals surface area contributed by atoms with E-state index in [4.69, 9.17) is 4.74 Å². The number of benzene rings is 2. The molecule has 0 radical (unpaired) electrons. The van der Waals surface area contributed by atoms with Crippen LogP contribution in [0.3, 0.4) is 0 Å². The van der Waals surface area contributed by atoms with Crippen LogP contribution < -0.4 is 10.3 Å². The van der Waals surface area contributed by atoms with E-state index in [0.717, 1.165) is 32.5 Å². The number of hydrogen-bond donors (Lipinski definition) is 1. The zero-order chi connectivity index (χ0) is 13.4. The van der Waals surface area contributed by atoms with Gasteiger partial charge in [-0.25, -0.2) is 0 Å². The smallest absolute Gasteiger partial charge is 0.265 e. The fourth-order valence-corrected chi connectivity index (χ4v) is 2.92. The molecule has 0 bridgehead atoms. The van der Waals surface area contributed by atoms with E-state index in [-0.39, 0.29) is 5.56 Å². The number of aryl methyl sites for hydroxylation is 1. The molecular weight excluding hydrogens is 258 g/mol. The second kappa shape index (κ2) is 4.55. The van der Waals surface area contributed by atoms with E-state index in [0.29, 0.717) is 0 Å². The molecule has 0 amide bonds. The van der Waals surface area contributed by atoms with E-state index in [1.54, 1.807) is 7.11 Å². The zero-order valence-corrected chi connectivity index (χ0v) is 11.5. The van der Waals surface area contributed by atoms with Gasteiger partial charge >= 0.3 is 0 Å². The van der Waals surface area contributed by atoms with Crippen LogP contribution in [0.1, 0.15) is 5.56 Å². The van der Waals surface area contributed by atoms with E-state index >= 15 is 0 Å². The van der Waals surface area contributed by atoms with Crippen molar-refractivity contribution in [3.8, 4) is 16.9 Å². The summed E-state index contributed by atoms with van der Waals surface area (Å²) in [5, 5.41) is 0.748. The second-order valence-electron chi connectivity index (χ2n) is 4.43. The summed E-state index contributed by atoms with van der Waals surface area (Å²) >= 11 is 1.37. The highest BCUT2D eigenvalue weighted by molar-refractivity contribution is 7.13. The van der Waals surface area contributed by atoms with Crippen LogP contribution in [0.4, 0.5) is 0 Å². The zero-order valence-electron chi connectivity index (χ0n) is 10.7. The van der Waals surface area contributed by atoms with Crippen molar-refractivity contribution in [3.05, 3.63) is 52.3 Å². The maximum Gasteiger partial charge on any atom is 0.265 e. The molecule has 4 heteroatoms. The first kappa shape index (κ1) is 12.0. The molecule has 0 aliphatic carbocycles. The first-order valence-electron chi connectivity index (χ1n) is 5.95. The second-order valence-corrected chi connectivity index (χ2v) is 5.27. The molecule has 96 valence electrons. The average molecular weight is 271 g/mol. The van der Waals surface area contributed by atoms with Crippen LogP contribution in [0, 0.1) is 6.92 Å². The van der Waals surface area contributed by atoms with Crippen molar-refractivity contribution in [1.82, 2.24) is 4.37 Å². The number of hydrogen-bond acceptors (Lipinski definition) is 3. The van der Waals surface area contributed by atoms with Gasteiger partial charge in [-0.1, -0.05) is 23.7 Å². The van der Waals surface area contributed by atoms with Gasteiger partial charge in [0.25, 0.3) is 5.56 Å². The summed E-state index contributed by atoms with van der Waals surface area (Å²) < 4.78 is 8.95. The number of methoxy groups -OCH3 is 1. The van der Waals surface area contributed by atoms with Crippen LogP contribution in [0.2, 0.25) is 0 Å². The number of nitrogens with one attached hydrogen (secondary N) is 1. The molecular formula is C15H13NO2S. The Balaban J connectivity index is 2.18. The minimum absolute atomic E-state index is 0.0204. The van der Waals surface area contributed by atoms with Gasteiger partial charge < -0.3 is 4.74 Å². The lowest BCUT2D eigenvalue weighted by molar-refractivity contribution is 0.414. The molecule has 3 nitrogen and oxygen atoms in total. The Hall–Kier alpha value is -2.07. The SMILES string of the molecule is COc1ccc(-c2ccc3s[nH]c(=O)c3c2)c(C)c1. The highest BCUT2D eigenvalue weighted by atomic mass is 32.1. The van der Waals surface area contributed by atoms with Crippen LogP contribution in [0.5, 0.6) is 5.75 Å². The van der Waals surface area contributed by atoms with Crippen LogP contribution in [0.25, 0.3) is 21.2 Å². The summed E-state index contributed by atoms with van der Waals surface area (Å²) in [6, 6.07) is 11.9. The molecule has 0 aliphatic rings. The van der Waals surface area contributed by atoms with Gasteiger partial charge in [-0.2, -0.15) is 0 Å². The number of rotatable bonds is 2. The Morgan fingerprint density at radius 1 is 1.16 bits per heavy atom. The lowest BCUT2D eigenvalue weighted by atomic mass is 9.99. The highest BCUT2D eigenvalue weighted by Crippen LogP contribution is 2.29. The Morgan fingerprint density at radius 3 is 2.74 bits per heavy atom. The van der Waals surface area contributed by atoms with E-state index in [9.17, 15) is 4.79 Å². The van der Waals surface area contributed by atoms with Gasteiger partial charge in [0.2, 0.25) is 0 Å². The van der Waals surface area contributed by atoms with Gasteiger partial charge in [0, 0.05) is 0 Å². The van der Waals surface area contributed by atoms with Gasteiger partial charge in [0.05, 0.1) is 17.2 Å². The summed E-state index contributed by atoms with van der Waals surface area (Å²) in [6.45, 7) is 2.04. The number of aromatic amines is 1. The predicted molar refractivity (Wildman–Crippen MR) is 79.2 cm³/mol. The van der Waals surface area contributed by atoms with Gasteiger partial charge in [-0.15, -0.1) is 0 Å². The van der Waals surface area contributed by atoms with Crippen molar-refractivity contribution in [2.75, 3.05) is 7.11 Å². The third kappa shape index (κ3) is 2.04. The number of aromatic nitrogens is 1. The lowest BCUT2D eigenvalue weighted by Crippen LogP contribution is -1.96. The van der Waals surface area contributed by atoms with E-state index in [2.05, 4.69) is 4.37 Å². The van der Waals surface area contributed by atoms with Crippen molar-refractivity contribution in [2.24, 2.45) is 0 Å². The summed E-state index contributed by atoms with van der Waals surface area (Å²) in [5.74, 6) is 0.843. The van der Waals surface area contributed by atoms with Crippen LogP contribution in [-0.4, -0.2) is 11.5 Å². The lowest BCUT2D eigenvalue weighted by Gasteiger charge is -2.08. The quantitative estimate of drug-likeness (QED) is 0.774. The number of ether oxygens (including phenoxy) is 1. The van der Waals surface area contributed by atoms with Crippen molar-refractivity contribution in [1.29, 1.82) is 0 Å². The molecule has 0 spiro atoms. The Bertz CT molecular complexity index is 801. The molecule has 2 aromatic carbocycles. The van der Waals surface area contributed by atoms with Crippen molar-refractivity contribution in [3.63, 3.8) is 0 Å². The highest BCUT2D eigenvalue weighted by Gasteiger charge is 2.07. The van der Waals surface area contributed by atoms with Crippen LogP contribution >= 0.6 is 11.5 Å². The minimum atomic E-state index is -0.0204. The molecule has 0 unspecified atom stereocenters. The summed E-state index contributed by atoms with van der Waals surface area (Å²) in [6.07, 6.45) is 0. The first-order valence-corrected chi connectivity index (χ1v) is 6.77. The van der Waals surface area contributed by atoms with Gasteiger partial charge in [-0.3, -0.25) is 9.17 Å². The standard InChI is InChI=1S/C15H13NO2S/c1-9-7-11(18-2)4-5-12(9)10-3-6-14-13(8-10)15(17)16-19-14/h3-8H,1-2H3,(H,16,17). The molecule has 19 heavy (non-hydrogen) atoms. The van der Waals surface area contributed by atoms with Gasteiger partial charge in [0.15, 0.2) is 0 Å². The van der Waals surface area contributed by atoms with Crippen LogP contribution in [-0.2, 0) is 0 Å². The molecule has 1 N–H and O–H groups in total. The normalized spacial score (nSPS) is 10.8. The third-order valence-electron chi connectivity index (χ3n) is 3.22. The molecule has 0 saturated heterocycles. The molecule has 1 heterocycles. The van der Waals surface area contributed by atoms with E-state index in [1.807, 2.05) is 43.3 Å². The number of H-pyrrole nitrogens is 1. The molecule has 3 aromatic rings. The van der Waals surface area contributed by atoms with E-state index in [1.165, 1.54) is 11.5 Å². The molecule has 1 aromatic heterocycles. The molecule has 0 saturated carbocycles. The fraction of sp³-hybridized carbons (Fsp3) is 0.133. The van der Waals surface area contributed by atoms with Crippen molar-refractivity contribution >= 4 is 21.6 Å². The molecule has 0 atom stereocenters. The largest absolute Gasteiger partial charge is 0.497 e. The fourth-order valence-electron chi connectivity index (χ4n) is 2.21. The Kier molecular flexibility index (Phi) is 2.87. The maximum absolute atomic E-state index is 11.7. The first-order chi connectivity index (χ1) is 9.19. The number of fused-ring (bicyclic) bond motifs is 1. The van der Waals surface area contributed by atoms with E-state index < -0.39 is 0 Å². The monoisotopic (exact) mass is 271 g/mol. The van der Waals surface area contributed by atoms with Crippen molar-refractivity contribution in [2.45, 2.75) is 6.92 Å². The summed E-state index contributed by atoms with van der Waals surface area (Å²) in [4.78, 5) is 11.7. The Morgan fingerprint density at radius 2 is 2.00 bits per heavy atom. The topological polar surface area (TPSA) is 42.1 Å². The molecule has 0 aliphatic heterocycles. The van der Waals surface area contributed by atoms with Crippen molar-refractivity contribution < 1.29 is 4.74 Å². The minimum Gasteiger partial charge on any atom is -0.497 e. The molecule has 0 fully saturated rings. The van der Waals surface area contributed by atoms with Crippen LogP contribution in [0.15, 0.2) is 41.2 Å².